The van der Waals surface area contributed by atoms with Crippen molar-refractivity contribution in [2.75, 3.05) is 18.0 Å². The van der Waals surface area contributed by atoms with Crippen LogP contribution in [-0.2, 0) is 13.0 Å². The monoisotopic (exact) mass is 375 g/mol. The van der Waals surface area contributed by atoms with E-state index in [9.17, 15) is 9.59 Å². The SMILES string of the molecule is Cc1ccc(N2CCn3c2nnc(C(=O)NCCc2ccccc2)c3=O)cc1. The molecule has 1 aliphatic heterocycles. The maximum Gasteiger partial charge on any atom is 0.286 e. The Hall–Kier alpha value is -3.48. The van der Waals surface area contributed by atoms with Crippen molar-refractivity contribution in [3.8, 4) is 0 Å². The van der Waals surface area contributed by atoms with Crippen molar-refractivity contribution in [3.05, 3.63) is 81.8 Å². The van der Waals surface area contributed by atoms with Gasteiger partial charge < -0.3 is 10.2 Å². The summed E-state index contributed by atoms with van der Waals surface area (Å²) in [7, 11) is 0. The van der Waals surface area contributed by atoms with Gasteiger partial charge in [0.1, 0.15) is 0 Å². The molecule has 7 heteroatoms. The Morgan fingerprint density at radius 1 is 1.04 bits per heavy atom. The van der Waals surface area contributed by atoms with Gasteiger partial charge in [-0.15, -0.1) is 10.2 Å². The van der Waals surface area contributed by atoms with Gasteiger partial charge in [0.2, 0.25) is 11.6 Å². The van der Waals surface area contributed by atoms with Crippen LogP contribution in [0, 0.1) is 6.92 Å². The van der Waals surface area contributed by atoms with Crippen LogP contribution in [0.15, 0.2) is 59.4 Å². The van der Waals surface area contributed by atoms with Gasteiger partial charge in [-0.2, -0.15) is 0 Å². The highest BCUT2D eigenvalue weighted by atomic mass is 16.2. The maximum absolute atomic E-state index is 12.7. The number of carbonyl (C=O) groups is 1. The molecule has 2 aromatic carbocycles. The van der Waals surface area contributed by atoms with Crippen molar-refractivity contribution < 1.29 is 4.79 Å². The topological polar surface area (TPSA) is 80.1 Å². The van der Waals surface area contributed by atoms with Gasteiger partial charge in [0.15, 0.2) is 0 Å². The molecule has 28 heavy (non-hydrogen) atoms. The minimum absolute atomic E-state index is 0.164. The van der Waals surface area contributed by atoms with Gasteiger partial charge in [-0.05, 0) is 31.0 Å². The highest BCUT2D eigenvalue weighted by molar-refractivity contribution is 5.91. The third-order valence-corrected chi connectivity index (χ3v) is 4.82. The molecule has 1 aliphatic rings. The molecule has 0 saturated carbocycles. The zero-order chi connectivity index (χ0) is 19.5. The Balaban J connectivity index is 1.49. The number of fused-ring (bicyclic) bond motifs is 1. The predicted molar refractivity (Wildman–Crippen MR) is 107 cm³/mol. The van der Waals surface area contributed by atoms with E-state index in [1.165, 1.54) is 4.57 Å². The molecule has 0 unspecified atom stereocenters. The zero-order valence-corrected chi connectivity index (χ0v) is 15.6. The molecule has 0 radical (unpaired) electrons. The van der Waals surface area contributed by atoms with Gasteiger partial charge >= 0.3 is 0 Å². The van der Waals surface area contributed by atoms with Crippen molar-refractivity contribution in [1.29, 1.82) is 0 Å². The normalized spacial score (nSPS) is 12.7. The Bertz CT molecular complexity index is 1040. The van der Waals surface area contributed by atoms with Gasteiger partial charge in [-0.1, -0.05) is 48.0 Å². The number of anilines is 2. The van der Waals surface area contributed by atoms with Crippen LogP contribution >= 0.6 is 0 Å². The third-order valence-electron chi connectivity index (χ3n) is 4.82. The molecule has 0 atom stereocenters. The lowest BCUT2D eigenvalue weighted by Gasteiger charge is -2.16. The summed E-state index contributed by atoms with van der Waals surface area (Å²) in [5.41, 5.74) is 2.66. The lowest BCUT2D eigenvalue weighted by molar-refractivity contribution is 0.0945. The van der Waals surface area contributed by atoms with E-state index in [1.807, 2.05) is 66.4 Å². The Morgan fingerprint density at radius 3 is 2.54 bits per heavy atom. The molecule has 4 rings (SSSR count). The average molecular weight is 375 g/mol. The number of hydrogen-bond donors (Lipinski definition) is 1. The molecule has 1 N–H and O–H groups in total. The molecule has 7 nitrogen and oxygen atoms in total. The van der Waals surface area contributed by atoms with Crippen LogP contribution < -0.4 is 15.8 Å². The minimum Gasteiger partial charge on any atom is -0.350 e. The number of nitrogens with one attached hydrogen (secondary N) is 1. The minimum atomic E-state index is -0.488. The number of rotatable bonds is 5. The summed E-state index contributed by atoms with van der Waals surface area (Å²) < 4.78 is 1.51. The summed E-state index contributed by atoms with van der Waals surface area (Å²) in [6, 6.07) is 17.8. The second-order valence-electron chi connectivity index (χ2n) is 6.78. The Morgan fingerprint density at radius 2 is 1.79 bits per heavy atom. The quantitative estimate of drug-likeness (QED) is 0.738. The highest BCUT2D eigenvalue weighted by Gasteiger charge is 2.27. The average Bonchev–Trinajstić information content (AvgIpc) is 3.14. The molecule has 2 heterocycles. The summed E-state index contributed by atoms with van der Waals surface area (Å²) in [6.07, 6.45) is 0.688. The smallest absolute Gasteiger partial charge is 0.286 e. The number of carbonyl (C=O) groups excluding carboxylic acids is 1. The first-order valence-corrected chi connectivity index (χ1v) is 9.27. The third kappa shape index (κ3) is 3.51. The predicted octanol–water partition coefficient (Wildman–Crippen LogP) is 2.07. The standard InChI is InChI=1S/C21H21N5O2/c1-15-7-9-17(10-8-15)25-13-14-26-20(28)18(23-24-21(25)26)19(27)22-12-11-16-5-3-2-4-6-16/h2-10H,11-14H2,1H3,(H,22,27). The van der Waals surface area contributed by atoms with Gasteiger partial charge in [0.05, 0.1) is 0 Å². The summed E-state index contributed by atoms with van der Waals surface area (Å²) in [4.78, 5) is 27.1. The fourth-order valence-corrected chi connectivity index (χ4v) is 3.27. The van der Waals surface area contributed by atoms with Crippen molar-refractivity contribution in [3.63, 3.8) is 0 Å². The van der Waals surface area contributed by atoms with Crippen LogP contribution in [0.2, 0.25) is 0 Å². The Kier molecular flexibility index (Phi) is 4.89. The van der Waals surface area contributed by atoms with Crippen LogP contribution in [0.4, 0.5) is 11.6 Å². The summed E-state index contributed by atoms with van der Waals surface area (Å²) >= 11 is 0. The van der Waals surface area contributed by atoms with E-state index in [0.717, 1.165) is 16.8 Å². The van der Waals surface area contributed by atoms with Gasteiger partial charge in [-0.3, -0.25) is 14.2 Å². The van der Waals surface area contributed by atoms with E-state index in [-0.39, 0.29) is 5.69 Å². The van der Waals surface area contributed by atoms with Crippen molar-refractivity contribution in [2.45, 2.75) is 19.9 Å². The van der Waals surface area contributed by atoms with Crippen LogP contribution in [0.5, 0.6) is 0 Å². The second kappa shape index (κ2) is 7.64. The number of amides is 1. The van der Waals surface area contributed by atoms with Gasteiger partial charge in [-0.25, -0.2) is 0 Å². The lowest BCUT2D eigenvalue weighted by Crippen LogP contribution is -2.35. The van der Waals surface area contributed by atoms with Crippen LogP contribution in [0.3, 0.4) is 0 Å². The molecule has 0 spiro atoms. The molecule has 142 valence electrons. The van der Waals surface area contributed by atoms with Crippen molar-refractivity contribution in [2.24, 2.45) is 0 Å². The maximum atomic E-state index is 12.7. The number of benzene rings is 2. The summed E-state index contributed by atoms with van der Waals surface area (Å²) in [5, 5.41) is 10.9. The van der Waals surface area contributed by atoms with E-state index < -0.39 is 11.5 Å². The van der Waals surface area contributed by atoms with Gasteiger partial charge in [0, 0.05) is 25.3 Å². The van der Waals surface area contributed by atoms with E-state index in [4.69, 9.17) is 0 Å². The first-order valence-electron chi connectivity index (χ1n) is 9.27. The molecule has 3 aromatic rings. The highest BCUT2D eigenvalue weighted by Crippen LogP contribution is 2.26. The fraction of sp³-hybridized carbons (Fsp3) is 0.238. The molecular formula is C21H21N5O2. The van der Waals surface area contributed by atoms with Gasteiger partial charge in [0.25, 0.3) is 11.5 Å². The molecular weight excluding hydrogens is 354 g/mol. The molecule has 0 bridgehead atoms. The number of aryl methyl sites for hydroxylation is 1. The van der Waals surface area contributed by atoms with Crippen molar-refractivity contribution >= 4 is 17.5 Å². The molecule has 1 aromatic heterocycles. The number of hydrogen-bond acceptors (Lipinski definition) is 5. The first kappa shape index (κ1) is 17.9. The number of nitrogens with zero attached hydrogens (tertiary/aromatic N) is 4. The zero-order valence-electron chi connectivity index (χ0n) is 15.6. The lowest BCUT2D eigenvalue weighted by atomic mass is 10.1. The second-order valence-corrected chi connectivity index (χ2v) is 6.78. The molecule has 1 amide bonds. The molecule has 0 saturated heterocycles. The fourth-order valence-electron chi connectivity index (χ4n) is 3.27. The number of aromatic nitrogens is 3. The van der Waals surface area contributed by atoms with Crippen LogP contribution in [-0.4, -0.2) is 33.8 Å². The largest absolute Gasteiger partial charge is 0.350 e. The van der Waals surface area contributed by atoms with E-state index in [0.29, 0.717) is 32.0 Å². The van der Waals surface area contributed by atoms with Crippen LogP contribution in [0.25, 0.3) is 0 Å². The van der Waals surface area contributed by atoms with E-state index in [1.54, 1.807) is 0 Å². The Labute approximate surface area is 162 Å². The molecule has 0 aliphatic carbocycles. The van der Waals surface area contributed by atoms with Crippen molar-refractivity contribution in [1.82, 2.24) is 20.1 Å². The first-order chi connectivity index (χ1) is 13.6. The molecule has 0 fully saturated rings. The van der Waals surface area contributed by atoms with Crippen LogP contribution in [0.1, 0.15) is 21.6 Å². The summed E-state index contributed by atoms with van der Waals surface area (Å²) in [5.74, 6) is -0.0211. The van der Waals surface area contributed by atoms with E-state index >= 15 is 0 Å². The summed E-state index contributed by atoms with van der Waals surface area (Å²) in [6.45, 7) is 3.55. The van der Waals surface area contributed by atoms with E-state index in [2.05, 4.69) is 15.5 Å².